The van der Waals surface area contributed by atoms with Gasteiger partial charge in [0.05, 0.1) is 12.6 Å². The van der Waals surface area contributed by atoms with Gasteiger partial charge in [0.1, 0.15) is 37.0 Å². The Morgan fingerprint density at radius 2 is 2.19 bits per heavy atom. The number of rotatable bonds is 3. The first-order valence-electron chi connectivity index (χ1n) is 6.69. The number of aliphatic hydroxyl groups excluding tert-OH is 3. The standard InChI is InChI=1S/C12H18N4O4S/c1-21-3-7-9(18)10(19)12(20-7)16-5-15-8-6(17)2-13-4-14-11(8)16/h4,6-7,9-10,12,17-19H,2-3,5H2,1H3/t6-,7-,9-,10-,12-/m1/s1. The van der Waals surface area contributed by atoms with Crippen LogP contribution in [-0.4, -0.2) is 94.0 Å². The van der Waals surface area contributed by atoms with Gasteiger partial charge in [0.15, 0.2) is 12.1 Å². The summed E-state index contributed by atoms with van der Waals surface area (Å²) in [5, 5.41) is 30.2. The highest BCUT2D eigenvalue weighted by Crippen LogP contribution is 2.28. The number of hydrogen-bond acceptors (Lipinski definition) is 9. The summed E-state index contributed by atoms with van der Waals surface area (Å²) in [5.74, 6) is 1.04. The minimum atomic E-state index is -1.04. The molecule has 1 saturated heterocycles. The smallest absolute Gasteiger partial charge is 0.162 e. The van der Waals surface area contributed by atoms with Crippen molar-refractivity contribution in [2.75, 3.05) is 25.2 Å². The molecule has 1 fully saturated rings. The first-order chi connectivity index (χ1) is 10.1. The summed E-state index contributed by atoms with van der Waals surface area (Å²) in [7, 11) is 0. The molecule has 3 aliphatic rings. The average molecular weight is 314 g/mol. The lowest BCUT2D eigenvalue weighted by Gasteiger charge is -2.27. The Hall–Kier alpha value is -1.00. The molecule has 0 aromatic rings. The molecule has 0 aromatic heterocycles. The van der Waals surface area contributed by atoms with Crippen LogP contribution in [-0.2, 0) is 4.74 Å². The van der Waals surface area contributed by atoms with Crippen LogP contribution >= 0.6 is 11.8 Å². The van der Waals surface area contributed by atoms with Gasteiger partial charge in [-0.2, -0.15) is 11.8 Å². The topological polar surface area (TPSA) is 110 Å². The number of aliphatic imine (C=N–C) groups is 3. The molecular formula is C12H18N4O4S. The zero-order valence-corrected chi connectivity index (χ0v) is 12.3. The predicted octanol–water partition coefficient (Wildman–Crippen LogP) is -1.69. The first-order valence-corrected chi connectivity index (χ1v) is 8.09. The molecule has 0 aliphatic carbocycles. The molecule has 5 atom stereocenters. The van der Waals surface area contributed by atoms with Gasteiger partial charge in [-0.15, -0.1) is 0 Å². The van der Waals surface area contributed by atoms with E-state index in [1.165, 1.54) is 6.34 Å². The lowest BCUT2D eigenvalue weighted by atomic mass is 10.1. The molecule has 3 heterocycles. The molecule has 3 rings (SSSR count). The third-order valence-electron chi connectivity index (χ3n) is 3.73. The van der Waals surface area contributed by atoms with E-state index in [1.807, 2.05) is 6.26 Å². The Morgan fingerprint density at radius 1 is 1.38 bits per heavy atom. The quantitative estimate of drug-likeness (QED) is 0.573. The van der Waals surface area contributed by atoms with Crippen molar-refractivity contribution in [2.45, 2.75) is 30.6 Å². The molecule has 0 saturated carbocycles. The first kappa shape index (κ1) is 14.9. The highest BCUT2D eigenvalue weighted by molar-refractivity contribution is 7.98. The van der Waals surface area contributed by atoms with E-state index in [0.29, 0.717) is 17.3 Å². The minimum Gasteiger partial charge on any atom is -0.387 e. The Kier molecular flexibility index (Phi) is 4.27. The van der Waals surface area contributed by atoms with E-state index in [4.69, 9.17) is 4.74 Å². The molecule has 0 amide bonds. The van der Waals surface area contributed by atoms with Crippen LogP contribution in [0.15, 0.2) is 15.0 Å². The van der Waals surface area contributed by atoms with Crippen LogP contribution in [0.4, 0.5) is 0 Å². The van der Waals surface area contributed by atoms with Crippen LogP contribution in [0, 0.1) is 0 Å². The van der Waals surface area contributed by atoms with E-state index >= 15 is 0 Å². The van der Waals surface area contributed by atoms with Crippen LogP contribution in [0.2, 0.25) is 0 Å². The average Bonchev–Trinajstić information content (AvgIpc) is 2.94. The van der Waals surface area contributed by atoms with Crippen LogP contribution in [0.1, 0.15) is 0 Å². The molecule has 21 heavy (non-hydrogen) atoms. The number of hydrogen-bond donors (Lipinski definition) is 3. The summed E-state index contributed by atoms with van der Waals surface area (Å²) in [6.45, 7) is 0.449. The molecule has 116 valence electrons. The van der Waals surface area contributed by atoms with Crippen LogP contribution in [0.3, 0.4) is 0 Å². The molecule has 3 aliphatic heterocycles. The minimum absolute atomic E-state index is 0.214. The normalized spacial score (nSPS) is 39.0. The fourth-order valence-corrected chi connectivity index (χ4v) is 3.25. The van der Waals surface area contributed by atoms with Crippen molar-refractivity contribution in [2.24, 2.45) is 15.0 Å². The van der Waals surface area contributed by atoms with Gasteiger partial charge in [0.25, 0.3) is 0 Å². The molecular weight excluding hydrogens is 296 g/mol. The zero-order chi connectivity index (χ0) is 15.0. The summed E-state index contributed by atoms with van der Waals surface area (Å²) in [6.07, 6.45) is -0.679. The van der Waals surface area contributed by atoms with E-state index in [1.54, 1.807) is 16.7 Å². The van der Waals surface area contributed by atoms with Crippen LogP contribution in [0.25, 0.3) is 0 Å². The second kappa shape index (κ2) is 6.01. The number of aliphatic hydroxyl groups is 3. The molecule has 9 heteroatoms. The fourth-order valence-electron chi connectivity index (χ4n) is 2.65. The van der Waals surface area contributed by atoms with Gasteiger partial charge in [-0.1, -0.05) is 0 Å². The number of ether oxygens (including phenoxy) is 1. The zero-order valence-electron chi connectivity index (χ0n) is 11.5. The van der Waals surface area contributed by atoms with Crippen LogP contribution in [0.5, 0.6) is 0 Å². The van der Waals surface area contributed by atoms with E-state index in [0.717, 1.165) is 0 Å². The molecule has 0 unspecified atom stereocenters. The summed E-state index contributed by atoms with van der Waals surface area (Å²) in [6, 6.07) is 0. The monoisotopic (exact) mass is 314 g/mol. The van der Waals surface area contributed by atoms with Gasteiger partial charge in [-0.3, -0.25) is 9.98 Å². The summed E-state index contributed by atoms with van der Waals surface area (Å²) in [5.41, 5.74) is 0.450. The maximum absolute atomic E-state index is 10.2. The van der Waals surface area contributed by atoms with Gasteiger partial charge in [-0.25, -0.2) is 4.99 Å². The van der Waals surface area contributed by atoms with Gasteiger partial charge in [0, 0.05) is 5.75 Å². The van der Waals surface area contributed by atoms with Gasteiger partial charge in [0.2, 0.25) is 0 Å². The summed E-state index contributed by atoms with van der Waals surface area (Å²) >= 11 is 1.54. The number of amidine groups is 1. The molecule has 0 aromatic carbocycles. The maximum atomic E-state index is 10.2. The Labute approximate surface area is 126 Å². The highest BCUT2D eigenvalue weighted by Gasteiger charge is 2.48. The van der Waals surface area contributed by atoms with Crippen molar-refractivity contribution in [3.63, 3.8) is 0 Å². The van der Waals surface area contributed by atoms with Crippen molar-refractivity contribution < 1.29 is 20.1 Å². The van der Waals surface area contributed by atoms with Gasteiger partial charge >= 0.3 is 0 Å². The molecule has 8 nitrogen and oxygen atoms in total. The predicted molar refractivity (Wildman–Crippen MR) is 80.0 cm³/mol. The van der Waals surface area contributed by atoms with E-state index < -0.39 is 30.6 Å². The van der Waals surface area contributed by atoms with Gasteiger partial charge < -0.3 is 25.0 Å². The molecule has 0 radical (unpaired) electrons. The van der Waals surface area contributed by atoms with Gasteiger partial charge in [-0.05, 0) is 6.26 Å². The molecule has 3 N–H and O–H groups in total. The van der Waals surface area contributed by atoms with Crippen molar-refractivity contribution in [3.05, 3.63) is 0 Å². The SMILES string of the molecule is CSC[C@H]1O[C@@H](N2CN=C3C2=NC=NC[C@H]3O)[C@H](O)[C@@H]1O. The van der Waals surface area contributed by atoms with Crippen molar-refractivity contribution in [1.29, 1.82) is 0 Å². The Morgan fingerprint density at radius 3 is 2.95 bits per heavy atom. The third kappa shape index (κ3) is 2.59. The number of fused-ring (bicyclic) bond motifs is 1. The number of nitrogens with zero attached hydrogens (tertiary/aromatic N) is 4. The number of thioether (sulfide) groups is 1. The fraction of sp³-hybridized carbons (Fsp3) is 0.750. The second-order valence-corrected chi connectivity index (χ2v) is 6.02. The Bertz CT molecular complexity index is 498. The van der Waals surface area contributed by atoms with E-state index in [9.17, 15) is 15.3 Å². The summed E-state index contributed by atoms with van der Waals surface area (Å²) < 4.78 is 5.76. The second-order valence-electron chi connectivity index (χ2n) is 5.11. The molecule has 0 spiro atoms. The highest BCUT2D eigenvalue weighted by atomic mass is 32.2. The van der Waals surface area contributed by atoms with Crippen molar-refractivity contribution in [1.82, 2.24) is 4.90 Å². The van der Waals surface area contributed by atoms with Crippen molar-refractivity contribution in [3.8, 4) is 0 Å². The van der Waals surface area contributed by atoms with E-state index in [-0.39, 0.29) is 13.2 Å². The largest absolute Gasteiger partial charge is 0.387 e. The maximum Gasteiger partial charge on any atom is 0.162 e. The summed E-state index contributed by atoms with van der Waals surface area (Å²) in [4.78, 5) is 14.0. The van der Waals surface area contributed by atoms with Crippen LogP contribution < -0.4 is 0 Å². The molecule has 0 bridgehead atoms. The third-order valence-corrected chi connectivity index (χ3v) is 4.39. The van der Waals surface area contributed by atoms with Crippen molar-refractivity contribution >= 4 is 29.6 Å². The lowest BCUT2D eigenvalue weighted by Crippen LogP contribution is -2.48. The Balaban J connectivity index is 1.79. The van der Waals surface area contributed by atoms with E-state index in [2.05, 4.69) is 15.0 Å². The lowest BCUT2D eigenvalue weighted by molar-refractivity contribution is -0.0521.